The summed E-state index contributed by atoms with van der Waals surface area (Å²) in [5.74, 6) is -1.01. The third kappa shape index (κ3) is 2.76. The van der Waals surface area contributed by atoms with Gasteiger partial charge in [-0.3, -0.25) is 4.79 Å². The van der Waals surface area contributed by atoms with Crippen LogP contribution in [0.4, 0.5) is 4.79 Å². The number of rotatable bonds is 1. The monoisotopic (exact) mass is 254 g/mol. The molecule has 2 aliphatic rings. The minimum Gasteiger partial charge on any atom is -0.481 e. The fourth-order valence-corrected chi connectivity index (χ4v) is 2.79. The van der Waals surface area contributed by atoms with Crippen LogP contribution >= 0.6 is 0 Å². The predicted octanol–water partition coefficient (Wildman–Crippen LogP) is 1.63. The Hall–Kier alpha value is -1.26. The van der Waals surface area contributed by atoms with Gasteiger partial charge in [0.25, 0.3) is 0 Å². The molecular weight excluding hydrogens is 232 g/mol. The Balaban J connectivity index is 1.87. The van der Waals surface area contributed by atoms with Crippen LogP contribution in [0.2, 0.25) is 0 Å². The lowest BCUT2D eigenvalue weighted by Crippen LogP contribution is -2.47. The van der Waals surface area contributed by atoms with Gasteiger partial charge in [-0.2, -0.15) is 0 Å². The van der Waals surface area contributed by atoms with E-state index in [0.29, 0.717) is 25.9 Å². The van der Waals surface area contributed by atoms with Gasteiger partial charge in [-0.15, -0.1) is 0 Å². The van der Waals surface area contributed by atoms with Crippen molar-refractivity contribution in [1.82, 2.24) is 9.80 Å². The van der Waals surface area contributed by atoms with E-state index in [9.17, 15) is 9.59 Å². The smallest absolute Gasteiger partial charge is 0.320 e. The summed E-state index contributed by atoms with van der Waals surface area (Å²) in [5.41, 5.74) is 0.217. The second kappa shape index (κ2) is 4.78. The lowest BCUT2D eigenvalue weighted by atomic mass is 9.93. The van der Waals surface area contributed by atoms with Gasteiger partial charge in [0.2, 0.25) is 0 Å². The first-order chi connectivity index (χ1) is 8.39. The van der Waals surface area contributed by atoms with Crippen molar-refractivity contribution < 1.29 is 14.7 Å². The number of amides is 2. The molecule has 0 aromatic carbocycles. The lowest BCUT2D eigenvalue weighted by Gasteiger charge is -2.33. The molecule has 0 bridgehead atoms. The molecule has 102 valence electrons. The summed E-state index contributed by atoms with van der Waals surface area (Å²) >= 11 is 0. The molecule has 0 spiro atoms. The molecule has 0 radical (unpaired) electrons. The highest BCUT2D eigenvalue weighted by molar-refractivity contribution is 5.76. The molecule has 5 heteroatoms. The third-order valence-corrected chi connectivity index (χ3v) is 4.06. The molecule has 2 rings (SSSR count). The molecule has 0 aromatic heterocycles. The quantitative estimate of drug-likeness (QED) is 0.773. The topological polar surface area (TPSA) is 60.9 Å². The zero-order valence-electron chi connectivity index (χ0n) is 11.2. The highest BCUT2D eigenvalue weighted by Gasteiger charge is 2.35. The van der Waals surface area contributed by atoms with Crippen LogP contribution in [0.5, 0.6) is 0 Å². The molecule has 2 saturated heterocycles. The first kappa shape index (κ1) is 13.2. The fraction of sp³-hybridized carbons (Fsp3) is 0.846. The maximum Gasteiger partial charge on any atom is 0.320 e. The predicted molar refractivity (Wildman–Crippen MR) is 67.3 cm³/mol. The van der Waals surface area contributed by atoms with Gasteiger partial charge in [0.15, 0.2) is 0 Å². The Labute approximate surface area is 108 Å². The van der Waals surface area contributed by atoms with E-state index in [2.05, 4.69) is 13.8 Å². The number of likely N-dealkylation sites (tertiary alicyclic amines) is 2. The largest absolute Gasteiger partial charge is 0.481 e. The van der Waals surface area contributed by atoms with E-state index in [0.717, 1.165) is 19.5 Å². The van der Waals surface area contributed by atoms with E-state index < -0.39 is 5.97 Å². The summed E-state index contributed by atoms with van der Waals surface area (Å²) in [6.07, 6.45) is 2.21. The van der Waals surface area contributed by atoms with E-state index in [1.165, 1.54) is 0 Å². The van der Waals surface area contributed by atoms with Gasteiger partial charge in [-0.1, -0.05) is 13.8 Å². The zero-order valence-corrected chi connectivity index (χ0v) is 11.2. The van der Waals surface area contributed by atoms with Crippen LogP contribution in [0.15, 0.2) is 0 Å². The molecule has 2 aliphatic heterocycles. The first-order valence-corrected chi connectivity index (χ1v) is 6.66. The van der Waals surface area contributed by atoms with Crippen molar-refractivity contribution in [1.29, 1.82) is 0 Å². The summed E-state index contributed by atoms with van der Waals surface area (Å²) < 4.78 is 0. The Bertz CT molecular complexity index is 346. The Morgan fingerprint density at radius 2 is 1.72 bits per heavy atom. The van der Waals surface area contributed by atoms with E-state index in [1.807, 2.05) is 4.90 Å². The third-order valence-electron chi connectivity index (χ3n) is 4.06. The van der Waals surface area contributed by atoms with Crippen molar-refractivity contribution in [2.75, 3.05) is 26.2 Å². The maximum absolute atomic E-state index is 12.3. The van der Waals surface area contributed by atoms with E-state index >= 15 is 0 Å². The second-order valence-corrected chi connectivity index (χ2v) is 6.22. The number of urea groups is 1. The zero-order chi connectivity index (χ0) is 13.3. The van der Waals surface area contributed by atoms with E-state index in [-0.39, 0.29) is 17.4 Å². The van der Waals surface area contributed by atoms with Gasteiger partial charge in [-0.25, -0.2) is 4.79 Å². The molecule has 5 nitrogen and oxygen atoms in total. The second-order valence-electron chi connectivity index (χ2n) is 6.22. The molecule has 0 saturated carbocycles. The molecule has 0 aliphatic carbocycles. The number of nitrogens with zero attached hydrogens (tertiary/aromatic N) is 2. The number of carboxylic acid groups (broad SMARTS) is 1. The highest BCUT2D eigenvalue weighted by Crippen LogP contribution is 2.30. The number of carboxylic acids is 1. The fourth-order valence-electron chi connectivity index (χ4n) is 2.79. The number of hydrogen-bond acceptors (Lipinski definition) is 2. The average Bonchev–Trinajstić information content (AvgIpc) is 2.69. The van der Waals surface area contributed by atoms with Crippen LogP contribution in [0.25, 0.3) is 0 Å². The van der Waals surface area contributed by atoms with Crippen LogP contribution in [0.1, 0.15) is 33.1 Å². The minimum absolute atomic E-state index is 0.0874. The minimum atomic E-state index is -0.732. The Morgan fingerprint density at radius 1 is 1.11 bits per heavy atom. The number of carbonyl (C=O) groups is 2. The van der Waals surface area contributed by atoms with Gasteiger partial charge >= 0.3 is 12.0 Å². The van der Waals surface area contributed by atoms with Crippen LogP contribution in [0, 0.1) is 11.3 Å². The first-order valence-electron chi connectivity index (χ1n) is 6.66. The van der Waals surface area contributed by atoms with Gasteiger partial charge in [0.1, 0.15) is 0 Å². The molecule has 0 atom stereocenters. The van der Waals surface area contributed by atoms with Crippen molar-refractivity contribution >= 4 is 12.0 Å². The summed E-state index contributed by atoms with van der Waals surface area (Å²) in [5, 5.41) is 8.93. The van der Waals surface area contributed by atoms with Crippen LogP contribution in [0.3, 0.4) is 0 Å². The summed E-state index contributed by atoms with van der Waals surface area (Å²) in [6, 6.07) is 0.0874. The van der Waals surface area contributed by atoms with Crippen LogP contribution < -0.4 is 0 Å². The van der Waals surface area contributed by atoms with Crippen molar-refractivity contribution in [3.05, 3.63) is 0 Å². The SMILES string of the molecule is CC1(C)CCN(C(=O)N2CCC(C(=O)O)CC2)C1. The Kier molecular flexibility index (Phi) is 3.50. The van der Waals surface area contributed by atoms with Crippen LogP contribution in [-0.2, 0) is 4.79 Å². The number of piperidine rings is 1. The maximum atomic E-state index is 12.3. The standard InChI is InChI=1S/C13H22N2O3/c1-13(2)5-8-15(9-13)12(18)14-6-3-10(4-7-14)11(16)17/h10H,3-9H2,1-2H3,(H,16,17). The van der Waals surface area contributed by atoms with Crippen LogP contribution in [-0.4, -0.2) is 53.1 Å². The molecule has 2 heterocycles. The average molecular weight is 254 g/mol. The number of carbonyl (C=O) groups excluding carboxylic acids is 1. The van der Waals surface area contributed by atoms with E-state index in [1.54, 1.807) is 4.90 Å². The van der Waals surface area contributed by atoms with Gasteiger partial charge < -0.3 is 14.9 Å². The molecule has 0 unspecified atom stereocenters. The number of hydrogen-bond donors (Lipinski definition) is 1. The molecule has 2 fully saturated rings. The molecular formula is C13H22N2O3. The summed E-state index contributed by atoms with van der Waals surface area (Å²) in [4.78, 5) is 26.8. The van der Waals surface area contributed by atoms with Crippen molar-refractivity contribution in [2.45, 2.75) is 33.1 Å². The molecule has 2 amide bonds. The summed E-state index contributed by atoms with van der Waals surface area (Å²) in [7, 11) is 0. The highest BCUT2D eigenvalue weighted by atomic mass is 16.4. The van der Waals surface area contributed by atoms with Crippen molar-refractivity contribution in [3.8, 4) is 0 Å². The van der Waals surface area contributed by atoms with E-state index in [4.69, 9.17) is 5.11 Å². The molecule has 1 N–H and O–H groups in total. The summed E-state index contributed by atoms with van der Waals surface area (Å²) in [6.45, 7) is 7.14. The van der Waals surface area contributed by atoms with Gasteiger partial charge in [-0.05, 0) is 24.7 Å². The lowest BCUT2D eigenvalue weighted by molar-refractivity contribution is -0.143. The van der Waals surface area contributed by atoms with Crippen molar-refractivity contribution in [3.63, 3.8) is 0 Å². The van der Waals surface area contributed by atoms with Gasteiger partial charge in [0.05, 0.1) is 5.92 Å². The van der Waals surface area contributed by atoms with Crippen molar-refractivity contribution in [2.24, 2.45) is 11.3 Å². The Morgan fingerprint density at radius 3 is 2.17 bits per heavy atom. The normalized spacial score (nSPS) is 24.3. The van der Waals surface area contributed by atoms with Gasteiger partial charge in [0, 0.05) is 26.2 Å². The molecule has 0 aromatic rings. The molecule has 18 heavy (non-hydrogen) atoms. The number of aliphatic carboxylic acids is 1.